The van der Waals surface area contributed by atoms with Gasteiger partial charge in [-0.25, -0.2) is 5.43 Å². The normalized spacial score (nSPS) is 13.0. The molecule has 0 saturated heterocycles. The van der Waals surface area contributed by atoms with Gasteiger partial charge in [-0.1, -0.05) is 25.1 Å². The van der Waals surface area contributed by atoms with E-state index in [2.05, 4.69) is 10.5 Å². The Balaban J connectivity index is 2.48. The lowest BCUT2D eigenvalue weighted by Gasteiger charge is -2.12. The molecule has 1 rings (SSSR count). The molecule has 0 saturated carbocycles. The minimum Gasteiger partial charge on any atom is -0.481 e. The molecule has 17 heavy (non-hydrogen) atoms. The van der Waals surface area contributed by atoms with Crippen LogP contribution in [0.2, 0.25) is 0 Å². The molecule has 1 amide bonds. The lowest BCUT2D eigenvalue weighted by molar-refractivity contribution is -0.127. The molecule has 4 nitrogen and oxygen atoms in total. The molecule has 0 aromatic heterocycles. The van der Waals surface area contributed by atoms with Crippen LogP contribution in [0.25, 0.3) is 0 Å². The maximum atomic E-state index is 11.6. The van der Waals surface area contributed by atoms with E-state index >= 15 is 0 Å². The molecule has 0 spiro atoms. The Bertz CT molecular complexity index is 388. The molecule has 4 heteroatoms. The summed E-state index contributed by atoms with van der Waals surface area (Å²) in [4.78, 5) is 11.6. The zero-order valence-electron chi connectivity index (χ0n) is 10.4. The monoisotopic (exact) mass is 234 g/mol. The van der Waals surface area contributed by atoms with Gasteiger partial charge >= 0.3 is 0 Å². The second-order valence-corrected chi connectivity index (χ2v) is 3.75. The molecule has 1 atom stereocenters. The van der Waals surface area contributed by atoms with Gasteiger partial charge in [0.2, 0.25) is 0 Å². The molecule has 92 valence electrons. The predicted octanol–water partition coefficient (Wildman–Crippen LogP) is 2.36. The fraction of sp³-hybridized carbons (Fsp3) is 0.385. The van der Waals surface area contributed by atoms with Crippen molar-refractivity contribution in [2.45, 2.75) is 33.3 Å². The highest BCUT2D eigenvalue weighted by Gasteiger charge is 2.13. The van der Waals surface area contributed by atoms with Crippen LogP contribution >= 0.6 is 0 Å². The van der Waals surface area contributed by atoms with Crippen LogP contribution in [0.15, 0.2) is 35.4 Å². The largest absolute Gasteiger partial charge is 0.481 e. The number of nitrogens with one attached hydrogen (secondary N) is 1. The molecule has 1 aromatic carbocycles. The third-order valence-electron chi connectivity index (χ3n) is 2.29. The minimum absolute atomic E-state index is 0.248. The van der Waals surface area contributed by atoms with Crippen LogP contribution in [0.1, 0.15) is 27.2 Å². The fourth-order valence-electron chi connectivity index (χ4n) is 1.08. The van der Waals surface area contributed by atoms with E-state index in [4.69, 9.17) is 4.74 Å². The summed E-state index contributed by atoms with van der Waals surface area (Å²) < 4.78 is 5.46. The van der Waals surface area contributed by atoms with Crippen molar-refractivity contribution in [1.82, 2.24) is 5.43 Å². The van der Waals surface area contributed by atoms with Crippen LogP contribution in [-0.2, 0) is 4.79 Å². The summed E-state index contributed by atoms with van der Waals surface area (Å²) >= 11 is 0. The maximum absolute atomic E-state index is 11.6. The zero-order chi connectivity index (χ0) is 12.7. The molecule has 0 aliphatic carbocycles. The Hall–Kier alpha value is -1.84. The Morgan fingerprint density at radius 1 is 1.41 bits per heavy atom. The first kappa shape index (κ1) is 13.2. The third-order valence-corrected chi connectivity index (χ3v) is 2.29. The molecule has 1 N–H and O–H groups in total. The number of benzene rings is 1. The van der Waals surface area contributed by atoms with Crippen molar-refractivity contribution in [2.75, 3.05) is 0 Å². The molecule has 0 heterocycles. The van der Waals surface area contributed by atoms with Crippen LogP contribution in [0, 0.1) is 0 Å². The summed E-state index contributed by atoms with van der Waals surface area (Å²) in [5.41, 5.74) is 3.36. The number of carbonyl (C=O) groups is 1. The van der Waals surface area contributed by atoms with Crippen LogP contribution < -0.4 is 10.2 Å². The Morgan fingerprint density at radius 2 is 2.06 bits per heavy atom. The van der Waals surface area contributed by atoms with Crippen molar-refractivity contribution in [3.63, 3.8) is 0 Å². The highest BCUT2D eigenvalue weighted by molar-refractivity contribution is 5.85. The summed E-state index contributed by atoms with van der Waals surface area (Å²) in [5, 5.41) is 3.94. The highest BCUT2D eigenvalue weighted by atomic mass is 16.5. The van der Waals surface area contributed by atoms with E-state index in [0.717, 1.165) is 12.1 Å². The van der Waals surface area contributed by atoms with Crippen molar-refractivity contribution >= 4 is 11.6 Å². The molecular formula is C13H18N2O2. The first-order chi connectivity index (χ1) is 8.13. The topological polar surface area (TPSA) is 50.7 Å². The SMILES string of the molecule is CC/C(C)=N/NC(=O)[C@H](C)Oc1ccccc1. The average molecular weight is 234 g/mol. The third kappa shape index (κ3) is 4.68. The predicted molar refractivity (Wildman–Crippen MR) is 68.1 cm³/mol. The number of para-hydroxylation sites is 1. The van der Waals surface area contributed by atoms with E-state index in [1.54, 1.807) is 6.92 Å². The van der Waals surface area contributed by atoms with Gasteiger partial charge in [0.25, 0.3) is 5.91 Å². The number of hydrazone groups is 1. The van der Waals surface area contributed by atoms with E-state index in [0.29, 0.717) is 5.75 Å². The maximum Gasteiger partial charge on any atom is 0.280 e. The van der Waals surface area contributed by atoms with Crippen molar-refractivity contribution in [1.29, 1.82) is 0 Å². The number of hydrogen-bond donors (Lipinski definition) is 1. The van der Waals surface area contributed by atoms with E-state index in [1.165, 1.54) is 0 Å². The summed E-state index contributed by atoms with van der Waals surface area (Å²) in [6, 6.07) is 9.24. The van der Waals surface area contributed by atoms with Gasteiger partial charge in [0, 0.05) is 5.71 Å². The second-order valence-electron chi connectivity index (χ2n) is 3.75. The highest BCUT2D eigenvalue weighted by Crippen LogP contribution is 2.10. The van der Waals surface area contributed by atoms with Crippen molar-refractivity contribution < 1.29 is 9.53 Å². The first-order valence-corrected chi connectivity index (χ1v) is 5.68. The average Bonchev–Trinajstić information content (AvgIpc) is 2.36. The zero-order valence-corrected chi connectivity index (χ0v) is 10.4. The van der Waals surface area contributed by atoms with Gasteiger partial charge in [-0.3, -0.25) is 4.79 Å². The number of rotatable bonds is 5. The van der Waals surface area contributed by atoms with Crippen molar-refractivity contribution in [2.24, 2.45) is 5.10 Å². The molecule has 0 radical (unpaired) electrons. The van der Waals surface area contributed by atoms with Crippen LogP contribution in [-0.4, -0.2) is 17.7 Å². The van der Waals surface area contributed by atoms with Gasteiger partial charge in [0.05, 0.1) is 0 Å². The summed E-state index contributed by atoms with van der Waals surface area (Å²) in [6.07, 6.45) is 0.250. The number of hydrogen-bond acceptors (Lipinski definition) is 3. The molecular weight excluding hydrogens is 216 g/mol. The van der Waals surface area contributed by atoms with Gasteiger partial charge in [-0.05, 0) is 32.4 Å². The second kappa shape index (κ2) is 6.68. The molecule has 0 unspecified atom stereocenters. The smallest absolute Gasteiger partial charge is 0.280 e. The van der Waals surface area contributed by atoms with Crippen LogP contribution in [0.3, 0.4) is 0 Å². The van der Waals surface area contributed by atoms with Crippen LogP contribution in [0.5, 0.6) is 5.75 Å². The van der Waals surface area contributed by atoms with E-state index in [-0.39, 0.29) is 5.91 Å². The Morgan fingerprint density at radius 3 is 2.65 bits per heavy atom. The molecule has 1 aromatic rings. The van der Waals surface area contributed by atoms with Crippen molar-refractivity contribution in [3.8, 4) is 5.75 Å². The molecule has 0 bridgehead atoms. The van der Waals surface area contributed by atoms with E-state index < -0.39 is 6.10 Å². The molecule has 0 aliphatic heterocycles. The van der Waals surface area contributed by atoms with Gasteiger partial charge < -0.3 is 4.74 Å². The summed E-state index contributed by atoms with van der Waals surface area (Å²) in [5.74, 6) is 0.424. The van der Waals surface area contributed by atoms with Gasteiger partial charge in [-0.15, -0.1) is 0 Å². The lowest BCUT2D eigenvalue weighted by Crippen LogP contribution is -2.33. The number of carbonyl (C=O) groups excluding carboxylic acids is 1. The standard InChI is InChI=1S/C13H18N2O2/c1-4-10(2)14-15-13(16)11(3)17-12-8-6-5-7-9-12/h5-9,11H,4H2,1-3H3,(H,15,16)/b14-10+/t11-/m0/s1. The first-order valence-electron chi connectivity index (χ1n) is 5.68. The number of ether oxygens (including phenoxy) is 1. The molecule has 0 aliphatic rings. The summed E-state index contributed by atoms with van der Waals surface area (Å²) in [7, 11) is 0. The van der Waals surface area contributed by atoms with E-state index in [1.807, 2.05) is 44.2 Å². The fourth-order valence-corrected chi connectivity index (χ4v) is 1.08. The van der Waals surface area contributed by atoms with Gasteiger partial charge in [0.15, 0.2) is 6.10 Å². The van der Waals surface area contributed by atoms with E-state index in [9.17, 15) is 4.79 Å². The van der Waals surface area contributed by atoms with Gasteiger partial charge in [-0.2, -0.15) is 5.10 Å². The minimum atomic E-state index is -0.564. The number of nitrogens with zero attached hydrogens (tertiary/aromatic N) is 1. The van der Waals surface area contributed by atoms with Gasteiger partial charge in [0.1, 0.15) is 5.75 Å². The quantitative estimate of drug-likeness (QED) is 0.628. The number of amides is 1. The molecule has 0 fully saturated rings. The Kier molecular flexibility index (Phi) is 5.20. The Labute approximate surface area is 102 Å². The lowest BCUT2D eigenvalue weighted by atomic mass is 10.3. The van der Waals surface area contributed by atoms with Crippen LogP contribution in [0.4, 0.5) is 0 Å². The van der Waals surface area contributed by atoms with Crippen molar-refractivity contribution in [3.05, 3.63) is 30.3 Å². The summed E-state index contributed by atoms with van der Waals surface area (Å²) in [6.45, 7) is 5.54.